The molecule has 0 aliphatic rings. The molecule has 0 spiro atoms. The highest BCUT2D eigenvalue weighted by Gasteiger charge is 2.14. The molecule has 124 valence electrons. The standard InChI is InChI=1S/C15H12F2N4O3/c16-9-5-10(17)14(11(18)6-9)20-13(22)2-1-12-19-15(24-21-12)8-3-4-23-7-8/h3-7H,1-2,18H2,(H,20,22). The predicted molar refractivity (Wildman–Crippen MR) is 79.7 cm³/mol. The Morgan fingerprint density at radius 3 is 2.88 bits per heavy atom. The number of carbonyl (C=O) groups is 1. The van der Waals surface area contributed by atoms with Crippen molar-refractivity contribution in [3.05, 3.63) is 48.2 Å². The smallest absolute Gasteiger partial charge is 0.261 e. The summed E-state index contributed by atoms with van der Waals surface area (Å²) in [5.74, 6) is -1.69. The SMILES string of the molecule is Nc1cc(F)cc(F)c1NC(=O)CCc1noc(-c2ccoc2)n1. The molecule has 0 saturated heterocycles. The van der Waals surface area contributed by atoms with Crippen molar-refractivity contribution in [2.75, 3.05) is 11.1 Å². The van der Waals surface area contributed by atoms with E-state index < -0.39 is 17.5 Å². The number of hydrogen-bond donors (Lipinski definition) is 2. The summed E-state index contributed by atoms with van der Waals surface area (Å²) in [6.45, 7) is 0. The molecule has 0 bridgehead atoms. The van der Waals surface area contributed by atoms with E-state index in [9.17, 15) is 13.6 Å². The second kappa shape index (κ2) is 6.49. The number of halogens is 2. The van der Waals surface area contributed by atoms with Crippen LogP contribution >= 0.6 is 0 Å². The molecule has 0 atom stereocenters. The molecule has 0 aliphatic carbocycles. The Labute approximate surface area is 134 Å². The van der Waals surface area contributed by atoms with Crippen LogP contribution in [-0.2, 0) is 11.2 Å². The topological polar surface area (TPSA) is 107 Å². The molecule has 24 heavy (non-hydrogen) atoms. The molecular formula is C15H12F2N4O3. The number of carbonyl (C=O) groups excluding carboxylic acids is 1. The van der Waals surface area contributed by atoms with Crippen molar-refractivity contribution in [3.8, 4) is 11.5 Å². The summed E-state index contributed by atoms with van der Waals surface area (Å²) in [5.41, 5.74) is 5.67. The number of nitrogens with zero attached hydrogens (tertiary/aromatic N) is 2. The van der Waals surface area contributed by atoms with Gasteiger partial charge in [0.25, 0.3) is 5.89 Å². The van der Waals surface area contributed by atoms with Gasteiger partial charge in [-0.1, -0.05) is 5.16 Å². The minimum atomic E-state index is -0.942. The van der Waals surface area contributed by atoms with Crippen molar-refractivity contribution >= 4 is 17.3 Å². The number of furan rings is 1. The number of hydrogen-bond acceptors (Lipinski definition) is 6. The maximum absolute atomic E-state index is 13.6. The van der Waals surface area contributed by atoms with Crippen LogP contribution in [0, 0.1) is 11.6 Å². The normalized spacial score (nSPS) is 10.8. The van der Waals surface area contributed by atoms with Gasteiger partial charge in [0.15, 0.2) is 11.6 Å². The molecule has 0 fully saturated rings. The van der Waals surface area contributed by atoms with Gasteiger partial charge in [-0.05, 0) is 12.1 Å². The average molecular weight is 334 g/mol. The molecule has 3 N–H and O–H groups in total. The van der Waals surface area contributed by atoms with E-state index in [2.05, 4.69) is 15.5 Å². The minimum Gasteiger partial charge on any atom is -0.472 e. The Kier molecular flexibility index (Phi) is 4.23. The van der Waals surface area contributed by atoms with Crippen LogP contribution in [0.15, 0.2) is 39.7 Å². The molecule has 0 radical (unpaired) electrons. The molecule has 3 rings (SSSR count). The van der Waals surface area contributed by atoms with Gasteiger partial charge in [0.1, 0.15) is 17.8 Å². The van der Waals surface area contributed by atoms with E-state index in [0.29, 0.717) is 17.5 Å². The molecular weight excluding hydrogens is 322 g/mol. The van der Waals surface area contributed by atoms with Gasteiger partial charge in [-0.3, -0.25) is 4.79 Å². The number of rotatable bonds is 5. The van der Waals surface area contributed by atoms with Crippen LogP contribution in [0.2, 0.25) is 0 Å². The van der Waals surface area contributed by atoms with E-state index >= 15 is 0 Å². The van der Waals surface area contributed by atoms with Gasteiger partial charge in [-0.2, -0.15) is 4.98 Å². The fourth-order valence-electron chi connectivity index (χ4n) is 2.01. The summed E-state index contributed by atoms with van der Waals surface area (Å²) in [5, 5.41) is 6.05. The number of aromatic nitrogens is 2. The highest BCUT2D eigenvalue weighted by Crippen LogP contribution is 2.24. The molecule has 1 amide bonds. The van der Waals surface area contributed by atoms with Crippen molar-refractivity contribution in [1.29, 1.82) is 0 Å². The first kappa shape index (κ1) is 15.7. The van der Waals surface area contributed by atoms with Crippen LogP contribution in [0.1, 0.15) is 12.2 Å². The first-order chi connectivity index (χ1) is 11.5. The second-order valence-corrected chi connectivity index (χ2v) is 4.93. The van der Waals surface area contributed by atoms with Crippen LogP contribution in [0.25, 0.3) is 11.5 Å². The predicted octanol–water partition coefficient (Wildman–Crippen LogP) is 2.76. The first-order valence-electron chi connectivity index (χ1n) is 6.92. The van der Waals surface area contributed by atoms with E-state index in [1.807, 2.05) is 0 Å². The second-order valence-electron chi connectivity index (χ2n) is 4.93. The number of aryl methyl sites for hydroxylation is 1. The highest BCUT2D eigenvalue weighted by molar-refractivity contribution is 5.94. The Morgan fingerprint density at radius 2 is 2.17 bits per heavy atom. The van der Waals surface area contributed by atoms with Gasteiger partial charge < -0.3 is 20.0 Å². The van der Waals surface area contributed by atoms with Gasteiger partial charge in [-0.15, -0.1) is 0 Å². The molecule has 0 unspecified atom stereocenters. The summed E-state index contributed by atoms with van der Waals surface area (Å²) in [4.78, 5) is 16.0. The van der Waals surface area contributed by atoms with E-state index in [-0.39, 0.29) is 30.1 Å². The van der Waals surface area contributed by atoms with E-state index in [1.54, 1.807) is 6.07 Å². The number of nitrogen functional groups attached to an aromatic ring is 1. The monoisotopic (exact) mass is 334 g/mol. The summed E-state index contributed by atoms with van der Waals surface area (Å²) < 4.78 is 36.5. The molecule has 7 nitrogen and oxygen atoms in total. The highest BCUT2D eigenvalue weighted by atomic mass is 19.1. The number of benzene rings is 1. The van der Waals surface area contributed by atoms with Gasteiger partial charge in [0.2, 0.25) is 5.91 Å². The lowest BCUT2D eigenvalue weighted by atomic mass is 10.2. The van der Waals surface area contributed by atoms with Crippen LogP contribution in [0.5, 0.6) is 0 Å². The van der Waals surface area contributed by atoms with Crippen molar-refractivity contribution < 1.29 is 22.5 Å². The van der Waals surface area contributed by atoms with Gasteiger partial charge in [-0.25, -0.2) is 8.78 Å². The third kappa shape index (κ3) is 3.40. The maximum Gasteiger partial charge on any atom is 0.261 e. The summed E-state index contributed by atoms with van der Waals surface area (Å²) in [6, 6.07) is 3.22. The fraction of sp³-hybridized carbons (Fsp3) is 0.133. The third-order valence-electron chi connectivity index (χ3n) is 3.16. The molecule has 0 saturated carbocycles. The number of amides is 1. The number of nitrogens with one attached hydrogen (secondary N) is 1. The van der Waals surface area contributed by atoms with Gasteiger partial charge in [0.05, 0.1) is 17.5 Å². The quantitative estimate of drug-likeness (QED) is 0.695. The van der Waals surface area contributed by atoms with E-state index in [1.165, 1.54) is 12.5 Å². The molecule has 9 heteroatoms. The summed E-state index contributed by atoms with van der Waals surface area (Å²) in [7, 11) is 0. The lowest BCUT2D eigenvalue weighted by Gasteiger charge is -2.08. The molecule has 0 aliphatic heterocycles. The van der Waals surface area contributed by atoms with Crippen molar-refractivity contribution in [2.24, 2.45) is 0 Å². The fourth-order valence-corrected chi connectivity index (χ4v) is 2.01. The van der Waals surface area contributed by atoms with E-state index in [4.69, 9.17) is 14.7 Å². The molecule has 1 aromatic carbocycles. The van der Waals surface area contributed by atoms with Crippen LogP contribution < -0.4 is 11.1 Å². The van der Waals surface area contributed by atoms with Gasteiger partial charge in [0, 0.05) is 18.9 Å². The molecule has 3 aromatic rings. The molecule has 2 heterocycles. The average Bonchev–Trinajstić information content (AvgIpc) is 3.19. The zero-order valence-electron chi connectivity index (χ0n) is 12.3. The lowest BCUT2D eigenvalue weighted by molar-refractivity contribution is -0.116. The van der Waals surface area contributed by atoms with Crippen molar-refractivity contribution in [3.63, 3.8) is 0 Å². The third-order valence-corrected chi connectivity index (χ3v) is 3.16. The Bertz CT molecular complexity index is 838. The first-order valence-corrected chi connectivity index (χ1v) is 6.92. The van der Waals surface area contributed by atoms with Crippen molar-refractivity contribution in [1.82, 2.24) is 10.1 Å². The zero-order chi connectivity index (χ0) is 17.1. The summed E-state index contributed by atoms with van der Waals surface area (Å²) >= 11 is 0. The number of anilines is 2. The maximum atomic E-state index is 13.6. The Hall–Kier alpha value is -3.23. The van der Waals surface area contributed by atoms with Gasteiger partial charge >= 0.3 is 0 Å². The Balaban J connectivity index is 1.60. The molecule has 2 aromatic heterocycles. The van der Waals surface area contributed by atoms with Crippen LogP contribution in [-0.4, -0.2) is 16.0 Å². The zero-order valence-corrected chi connectivity index (χ0v) is 12.3. The Morgan fingerprint density at radius 1 is 1.33 bits per heavy atom. The largest absolute Gasteiger partial charge is 0.472 e. The lowest BCUT2D eigenvalue weighted by Crippen LogP contribution is -2.15. The number of nitrogens with two attached hydrogens (primary N) is 1. The van der Waals surface area contributed by atoms with E-state index in [0.717, 1.165) is 6.07 Å². The summed E-state index contributed by atoms with van der Waals surface area (Å²) in [6.07, 6.45) is 3.06. The minimum absolute atomic E-state index is 0.0272. The van der Waals surface area contributed by atoms with Crippen molar-refractivity contribution in [2.45, 2.75) is 12.8 Å². The van der Waals surface area contributed by atoms with Crippen LogP contribution in [0.3, 0.4) is 0 Å². The van der Waals surface area contributed by atoms with Crippen LogP contribution in [0.4, 0.5) is 20.2 Å².